The van der Waals surface area contributed by atoms with E-state index in [1.165, 1.54) is 0 Å². The quantitative estimate of drug-likeness (QED) is 0.424. The van der Waals surface area contributed by atoms with Gasteiger partial charge in [0.05, 0.1) is 18.5 Å². The number of amides is 1. The van der Waals surface area contributed by atoms with Gasteiger partial charge in [0.1, 0.15) is 5.75 Å². The number of carbonyl (C=O) groups excluding carboxylic acids is 1. The lowest BCUT2D eigenvalue weighted by Gasteiger charge is -2.42. The zero-order valence-electron chi connectivity index (χ0n) is 28.4. The number of hydrogen-bond acceptors (Lipinski definition) is 10. The fraction of sp³-hybridized carbons (Fsp3) is 0.621. The molecule has 5 rings (SSSR count). The fourth-order valence-electron chi connectivity index (χ4n) is 5.73. The Bertz CT molecular complexity index is 1340. The number of aromatic nitrogens is 2. The van der Waals surface area contributed by atoms with E-state index in [9.17, 15) is 4.79 Å². The molecule has 3 aliphatic rings. The third-order valence-corrected chi connectivity index (χ3v) is 8.11. The molecule has 11 nitrogen and oxygen atoms in total. The van der Waals surface area contributed by atoms with Gasteiger partial charge in [0.2, 0.25) is 0 Å². The van der Waals surface area contributed by atoms with Crippen molar-refractivity contribution in [2.75, 3.05) is 82.2 Å². The number of anilines is 4. The van der Waals surface area contributed by atoms with Crippen molar-refractivity contribution in [1.82, 2.24) is 19.8 Å². The predicted molar refractivity (Wildman–Crippen MR) is 158 cm³/mol. The molecular formula is C29H44N8O3. The van der Waals surface area contributed by atoms with E-state index in [1.54, 1.807) is 13.2 Å². The molecule has 3 fully saturated rings. The number of ether oxygens (including phenoxy) is 2. The van der Waals surface area contributed by atoms with Crippen molar-refractivity contribution in [3.63, 3.8) is 0 Å². The van der Waals surface area contributed by atoms with Crippen LogP contribution in [-0.2, 0) is 11.1 Å². The number of piperazine rings is 1. The van der Waals surface area contributed by atoms with Gasteiger partial charge in [0.25, 0.3) is 5.91 Å². The van der Waals surface area contributed by atoms with Crippen LogP contribution < -0.4 is 26.0 Å². The van der Waals surface area contributed by atoms with Gasteiger partial charge in [-0.15, -0.1) is 0 Å². The van der Waals surface area contributed by atoms with E-state index in [2.05, 4.69) is 42.3 Å². The Hall–Kier alpha value is -3.15. The molecule has 4 N–H and O–H groups in total. The number of piperidine rings is 1. The van der Waals surface area contributed by atoms with Gasteiger partial charge >= 0.3 is 0 Å². The number of benzene rings is 1. The monoisotopic (exact) mass is 557 g/mol. The topological polar surface area (TPSA) is 121 Å². The summed E-state index contributed by atoms with van der Waals surface area (Å²) in [5, 5.41) is 6.25. The first-order valence-electron chi connectivity index (χ1n) is 16.6. The van der Waals surface area contributed by atoms with E-state index in [1.807, 2.05) is 12.1 Å². The number of nitrogens with two attached hydrogens (primary N) is 1. The van der Waals surface area contributed by atoms with Crippen LogP contribution in [0.1, 0.15) is 55.6 Å². The van der Waals surface area contributed by atoms with Crippen molar-refractivity contribution in [2.24, 2.45) is 5.73 Å². The Morgan fingerprint density at radius 3 is 2.55 bits per heavy atom. The van der Waals surface area contributed by atoms with Crippen LogP contribution in [0.15, 0.2) is 18.2 Å². The minimum absolute atomic E-state index is 0.0232. The molecule has 0 unspecified atom stereocenters. The van der Waals surface area contributed by atoms with Crippen LogP contribution in [0.3, 0.4) is 0 Å². The molecule has 2 aromatic rings. The Morgan fingerprint density at radius 2 is 1.88 bits per heavy atom. The van der Waals surface area contributed by atoms with Crippen molar-refractivity contribution in [2.45, 2.75) is 51.0 Å². The van der Waals surface area contributed by atoms with Gasteiger partial charge in [-0.05, 0) is 51.2 Å². The van der Waals surface area contributed by atoms with Gasteiger partial charge in [0.15, 0.2) is 17.3 Å². The highest BCUT2D eigenvalue weighted by Crippen LogP contribution is 2.35. The molecule has 11 heteroatoms. The molecule has 3 saturated heterocycles. The Kier molecular flexibility index (Phi) is 7.33. The molecule has 0 spiro atoms. The second-order valence-corrected chi connectivity index (χ2v) is 10.7. The van der Waals surface area contributed by atoms with Crippen molar-refractivity contribution >= 4 is 28.9 Å². The number of likely N-dealkylation sites (N-methyl/N-ethyl adjacent to an activating group) is 1. The average molecular weight is 558 g/mol. The molecule has 40 heavy (non-hydrogen) atoms. The summed E-state index contributed by atoms with van der Waals surface area (Å²) in [4.78, 5) is 28.5. The zero-order valence-corrected chi connectivity index (χ0v) is 23.4. The first-order valence-corrected chi connectivity index (χ1v) is 14.1. The number of aryl methyl sites for hydroxylation is 1. The molecule has 218 valence electrons. The Labute approximate surface area is 244 Å². The largest absolute Gasteiger partial charge is 0.495 e. The second-order valence-electron chi connectivity index (χ2n) is 10.7. The van der Waals surface area contributed by atoms with Gasteiger partial charge in [-0.3, -0.25) is 9.69 Å². The smallest absolute Gasteiger partial charge is 0.271 e. The van der Waals surface area contributed by atoms with Crippen molar-refractivity contribution < 1.29 is 21.1 Å². The highest BCUT2D eigenvalue weighted by atomic mass is 16.5. The summed E-state index contributed by atoms with van der Waals surface area (Å²) in [6, 6.07) is 6.04. The van der Waals surface area contributed by atoms with E-state index in [-0.39, 0.29) is 23.4 Å². The molecule has 0 saturated carbocycles. The molecule has 3 aliphatic heterocycles. The average Bonchev–Trinajstić information content (AvgIpc) is 3.01. The summed E-state index contributed by atoms with van der Waals surface area (Å²) in [6.45, 7) is 4.16. The summed E-state index contributed by atoms with van der Waals surface area (Å²) in [5.41, 5.74) is 6.29. The Balaban J connectivity index is 1.39. The molecule has 1 aromatic carbocycles. The standard InChI is InChI=1S/C29H44N8O3/c1-4-23-28(31-20-9-17-40-18-10-20)34-29(26(33-23)27(30)38)32-21-5-6-24(25(19-21)39-3)37-11-7-22(8-12-37)36-15-13-35(2)14-16-36/h5-6,19-20,22H,4,7-18H2,1-3H3,(H2,30,38)(H2,31,32,34)/i1D3,4D2. The van der Waals surface area contributed by atoms with Gasteiger partial charge in [-0.2, -0.15) is 0 Å². The van der Waals surface area contributed by atoms with Gasteiger partial charge in [-0.25, -0.2) is 9.97 Å². The number of nitrogens with one attached hydrogen (secondary N) is 2. The number of hydrogen-bond donors (Lipinski definition) is 3. The lowest BCUT2D eigenvalue weighted by Crippen LogP contribution is -2.52. The van der Waals surface area contributed by atoms with E-state index < -0.39 is 24.8 Å². The summed E-state index contributed by atoms with van der Waals surface area (Å²) in [5.74, 6) is -0.424. The van der Waals surface area contributed by atoms with Crippen LogP contribution in [0.4, 0.5) is 23.0 Å². The maximum atomic E-state index is 12.5. The van der Waals surface area contributed by atoms with E-state index >= 15 is 0 Å². The van der Waals surface area contributed by atoms with Crippen LogP contribution in [0, 0.1) is 0 Å². The van der Waals surface area contributed by atoms with Crippen molar-refractivity contribution in [1.29, 1.82) is 0 Å². The van der Waals surface area contributed by atoms with E-state index in [0.717, 1.165) is 57.8 Å². The minimum Gasteiger partial charge on any atom is -0.495 e. The first kappa shape index (κ1) is 22.5. The highest BCUT2D eigenvalue weighted by molar-refractivity contribution is 5.96. The maximum Gasteiger partial charge on any atom is 0.271 e. The lowest BCUT2D eigenvalue weighted by molar-refractivity contribution is 0.0903. The third-order valence-electron chi connectivity index (χ3n) is 8.11. The molecule has 0 bridgehead atoms. The molecular weight excluding hydrogens is 508 g/mol. The second kappa shape index (κ2) is 13.0. The van der Waals surface area contributed by atoms with Crippen LogP contribution in [0.25, 0.3) is 0 Å². The van der Waals surface area contributed by atoms with Crippen LogP contribution >= 0.6 is 0 Å². The molecule has 0 atom stereocenters. The number of methoxy groups -OCH3 is 1. The van der Waals surface area contributed by atoms with Gasteiger partial charge in [-0.1, -0.05) is 6.85 Å². The summed E-state index contributed by atoms with van der Waals surface area (Å²) in [7, 11) is 3.78. The number of primary amides is 1. The van der Waals surface area contributed by atoms with Crippen molar-refractivity contribution in [3.05, 3.63) is 29.6 Å². The highest BCUT2D eigenvalue weighted by Gasteiger charge is 2.28. The molecule has 1 amide bonds. The lowest BCUT2D eigenvalue weighted by atomic mass is 10.0. The van der Waals surface area contributed by atoms with Crippen LogP contribution in [0.5, 0.6) is 5.75 Å². The van der Waals surface area contributed by atoms with Crippen molar-refractivity contribution in [3.8, 4) is 5.75 Å². The summed E-state index contributed by atoms with van der Waals surface area (Å²) >= 11 is 0. The van der Waals surface area contributed by atoms with Gasteiger partial charge < -0.3 is 35.6 Å². The summed E-state index contributed by atoms with van der Waals surface area (Å²) < 4.78 is 51.4. The fourth-order valence-corrected chi connectivity index (χ4v) is 5.73. The van der Waals surface area contributed by atoms with Crippen LogP contribution in [0.2, 0.25) is 0 Å². The molecule has 1 aromatic heterocycles. The number of rotatable bonds is 9. The molecule has 0 aliphatic carbocycles. The maximum absolute atomic E-state index is 12.5. The normalized spacial score (nSPS) is 22.4. The van der Waals surface area contributed by atoms with E-state index in [0.29, 0.717) is 43.5 Å². The minimum atomic E-state index is -3.07. The third kappa shape index (κ3) is 6.59. The number of carbonyl (C=O) groups is 1. The summed E-state index contributed by atoms with van der Waals surface area (Å²) in [6.07, 6.45) is 0.471. The molecule has 4 heterocycles. The zero-order chi connectivity index (χ0) is 32.4. The van der Waals surface area contributed by atoms with Crippen LogP contribution in [-0.4, -0.2) is 104 Å². The van der Waals surface area contributed by atoms with E-state index in [4.69, 9.17) is 22.1 Å². The van der Waals surface area contributed by atoms with Gasteiger partial charge in [0, 0.05) is 83.2 Å². The molecule has 0 radical (unpaired) electrons. The number of nitrogens with zero attached hydrogens (tertiary/aromatic N) is 5. The SMILES string of the molecule is [2H]C([2H])([2H])C([2H])([2H])c1nc(C(N)=O)c(Nc2ccc(N3CCC(N4CCN(C)CC4)CC3)c(OC)c2)nc1NC1CCOCC1. The first-order chi connectivity index (χ1) is 21.4. The predicted octanol–water partition coefficient (Wildman–Crippen LogP) is 2.70. The Morgan fingerprint density at radius 1 is 1.12 bits per heavy atom.